The maximum Gasteiger partial charge on any atom is 0.262 e. The number of benzene rings is 1. The number of para-hydroxylation sites is 2. The van der Waals surface area contributed by atoms with Crippen LogP contribution in [0.25, 0.3) is 16.8 Å². The van der Waals surface area contributed by atoms with Crippen molar-refractivity contribution in [3.8, 4) is 0 Å². The molecule has 1 aromatic carbocycles. The van der Waals surface area contributed by atoms with E-state index < -0.39 is 0 Å². The van der Waals surface area contributed by atoms with Crippen molar-refractivity contribution in [3.05, 3.63) is 55.7 Å². The molecule has 3 heterocycles. The van der Waals surface area contributed by atoms with Gasteiger partial charge in [0.1, 0.15) is 0 Å². The second kappa shape index (κ2) is 5.77. The quantitative estimate of drug-likeness (QED) is 0.584. The van der Waals surface area contributed by atoms with Crippen LogP contribution in [0.5, 0.6) is 0 Å². The lowest BCUT2D eigenvalue weighted by Gasteiger charge is -2.15. The van der Waals surface area contributed by atoms with Gasteiger partial charge in [-0.25, -0.2) is 9.38 Å². The van der Waals surface area contributed by atoms with Crippen LogP contribution < -0.4 is 5.56 Å². The number of halogens is 1. The zero-order chi connectivity index (χ0) is 16.8. The van der Waals surface area contributed by atoms with E-state index in [4.69, 9.17) is 4.98 Å². The number of aliphatic imine (C=N–C) groups is 1. The van der Waals surface area contributed by atoms with Gasteiger partial charge in [-0.05, 0) is 32.9 Å². The Bertz CT molecular complexity index is 1130. The van der Waals surface area contributed by atoms with Crippen molar-refractivity contribution in [1.29, 1.82) is 0 Å². The molecule has 0 atom stereocenters. The first-order valence-electron chi connectivity index (χ1n) is 7.74. The molecule has 122 valence electrons. The molecule has 0 spiro atoms. The second-order valence-corrected chi connectivity index (χ2v) is 9.50. The fraction of sp³-hybridized carbons (Fsp3) is 0.222. The molecule has 0 amide bonds. The molecule has 1 aliphatic rings. The fourth-order valence-corrected chi connectivity index (χ4v) is 5.15. The number of hydrogen-bond acceptors (Lipinski definition) is 3. The number of nitrogens with zero attached hydrogens (tertiary/aromatic N) is 4. The van der Waals surface area contributed by atoms with Gasteiger partial charge in [-0.2, -0.15) is 0 Å². The van der Waals surface area contributed by atoms with Crippen molar-refractivity contribution in [2.75, 3.05) is 0 Å². The van der Waals surface area contributed by atoms with E-state index in [0.717, 1.165) is 28.8 Å². The predicted molar refractivity (Wildman–Crippen MR) is 108 cm³/mol. The summed E-state index contributed by atoms with van der Waals surface area (Å²) in [6.45, 7) is 6.76. The molecule has 1 aliphatic heterocycles. The van der Waals surface area contributed by atoms with E-state index in [9.17, 15) is 4.79 Å². The number of fused-ring (bicyclic) bond motifs is 3. The average Bonchev–Trinajstić information content (AvgIpc) is 2.96. The average molecular weight is 432 g/mol. The predicted octanol–water partition coefficient (Wildman–Crippen LogP) is 3.35. The zero-order valence-electron chi connectivity index (χ0n) is 13.7. The standard InChI is InChI=1S/C18H17IN4O/c1-11-8-20-9-14(19-11)10-22-13(3)12(2)17(24)23-16-7-5-4-6-15(16)21-18(22)23/h4-9H,10H2,1-3H3. The molecule has 0 bridgehead atoms. The molecule has 4 rings (SSSR count). The highest BCUT2D eigenvalue weighted by molar-refractivity contribution is 14.2. The monoisotopic (exact) mass is 432 g/mol. The van der Waals surface area contributed by atoms with Crippen molar-refractivity contribution >= 4 is 47.3 Å². The van der Waals surface area contributed by atoms with Crippen molar-refractivity contribution in [2.24, 2.45) is 4.99 Å². The molecule has 0 unspecified atom stereocenters. The molecule has 0 saturated carbocycles. The Morgan fingerprint density at radius 3 is 2.75 bits per heavy atom. The zero-order valence-corrected chi connectivity index (χ0v) is 15.9. The van der Waals surface area contributed by atoms with Gasteiger partial charge in [0.2, 0.25) is 5.78 Å². The summed E-state index contributed by atoms with van der Waals surface area (Å²) in [4.78, 5) is 21.9. The van der Waals surface area contributed by atoms with Crippen molar-refractivity contribution in [1.82, 2.24) is 14.0 Å². The number of imidazole rings is 1. The lowest BCUT2D eigenvalue weighted by Crippen LogP contribution is -2.25. The molecule has 5 nitrogen and oxygen atoms in total. The molecule has 0 N–H and O–H groups in total. The molecule has 3 aromatic rings. The molecule has 0 radical (unpaired) electrons. The van der Waals surface area contributed by atoms with Crippen LogP contribution in [-0.2, 0) is 6.54 Å². The Morgan fingerprint density at radius 1 is 1.17 bits per heavy atom. The van der Waals surface area contributed by atoms with Crippen LogP contribution in [0.1, 0.15) is 18.2 Å². The number of aromatic nitrogens is 3. The summed E-state index contributed by atoms with van der Waals surface area (Å²) in [5.74, 6) is 0.710. The van der Waals surface area contributed by atoms with Gasteiger partial charge in [0, 0.05) is 30.8 Å². The van der Waals surface area contributed by atoms with E-state index in [-0.39, 0.29) is 26.3 Å². The Kier molecular flexibility index (Phi) is 3.71. The third-order valence-electron chi connectivity index (χ3n) is 4.30. The third-order valence-corrected chi connectivity index (χ3v) is 6.74. The van der Waals surface area contributed by atoms with Gasteiger partial charge < -0.3 is 4.57 Å². The lowest BCUT2D eigenvalue weighted by atomic mass is 10.2. The van der Waals surface area contributed by atoms with Crippen LogP contribution >= 0.6 is 20.7 Å². The van der Waals surface area contributed by atoms with E-state index >= 15 is 0 Å². The molecule has 0 saturated heterocycles. The van der Waals surface area contributed by atoms with E-state index in [1.54, 1.807) is 4.40 Å². The second-order valence-electron chi connectivity index (χ2n) is 5.87. The van der Waals surface area contributed by atoms with Crippen LogP contribution in [0.4, 0.5) is 0 Å². The first-order chi connectivity index (χ1) is 11.6. The van der Waals surface area contributed by atoms with E-state index in [1.807, 2.05) is 50.5 Å². The van der Waals surface area contributed by atoms with Crippen LogP contribution in [0.15, 0.2) is 43.8 Å². The van der Waals surface area contributed by atoms with Gasteiger partial charge in [0.25, 0.3) is 5.56 Å². The van der Waals surface area contributed by atoms with E-state index in [1.165, 1.54) is 7.09 Å². The summed E-state index contributed by atoms with van der Waals surface area (Å²) >= 11 is -0.159. The molecular weight excluding hydrogens is 415 g/mol. The lowest BCUT2D eigenvalue weighted by molar-refractivity contribution is 0.787. The van der Waals surface area contributed by atoms with Gasteiger partial charge in [-0.15, -0.1) is 0 Å². The number of hydrogen-bond donors (Lipinski definition) is 0. The van der Waals surface area contributed by atoms with Crippen LogP contribution in [0, 0.1) is 13.8 Å². The van der Waals surface area contributed by atoms with E-state index in [0.29, 0.717) is 5.78 Å². The highest BCUT2D eigenvalue weighted by Crippen LogP contribution is 2.21. The third kappa shape index (κ3) is 2.36. The first-order valence-corrected chi connectivity index (χ1v) is 9.90. The summed E-state index contributed by atoms with van der Waals surface area (Å²) in [5.41, 5.74) is 3.47. The van der Waals surface area contributed by atoms with Crippen LogP contribution in [-0.4, -0.2) is 23.7 Å². The minimum absolute atomic E-state index is 0.0144. The number of rotatable bonds is 2. The summed E-state index contributed by atoms with van der Waals surface area (Å²) < 4.78 is 6.57. The van der Waals surface area contributed by atoms with Crippen LogP contribution in [0.2, 0.25) is 0 Å². The topological polar surface area (TPSA) is 51.7 Å². The molecular formula is C18H17IN4O. The van der Waals surface area contributed by atoms with E-state index in [2.05, 4.69) is 16.5 Å². The highest BCUT2D eigenvalue weighted by atomic mass is 127. The molecule has 2 aromatic heterocycles. The van der Waals surface area contributed by atoms with Crippen molar-refractivity contribution in [2.45, 2.75) is 27.3 Å². The normalized spacial score (nSPS) is 14.6. The smallest absolute Gasteiger partial charge is 0.262 e. The Labute approximate surface area is 149 Å². The fourth-order valence-electron chi connectivity index (χ4n) is 2.94. The summed E-state index contributed by atoms with van der Waals surface area (Å²) in [6.07, 6.45) is 3.91. The van der Waals surface area contributed by atoms with Crippen LogP contribution in [0.3, 0.4) is 0 Å². The summed E-state index contributed by atoms with van der Waals surface area (Å²) in [5, 5.41) is 0. The SMILES string of the molecule is CC1=CN=CC(Cn2c(C)c(C)c(=O)n3c4ccccc4nc23)=I1. The van der Waals surface area contributed by atoms with Gasteiger partial charge in [0.15, 0.2) is 0 Å². The summed E-state index contributed by atoms with van der Waals surface area (Å²) in [6, 6.07) is 7.79. The Hall–Kier alpha value is -2.09. The summed E-state index contributed by atoms with van der Waals surface area (Å²) in [7, 11) is 0. The Morgan fingerprint density at radius 2 is 1.96 bits per heavy atom. The number of allylic oxidation sites excluding steroid dienone is 1. The molecule has 6 heteroatoms. The van der Waals surface area contributed by atoms with Gasteiger partial charge in [-0.1, -0.05) is 32.9 Å². The van der Waals surface area contributed by atoms with Crippen molar-refractivity contribution in [3.63, 3.8) is 0 Å². The first kappa shape index (κ1) is 15.4. The maximum atomic E-state index is 12.8. The minimum atomic E-state index is -0.159. The Balaban J connectivity index is 2.03. The van der Waals surface area contributed by atoms with Gasteiger partial charge in [-0.3, -0.25) is 9.79 Å². The minimum Gasteiger partial charge on any atom is -0.310 e. The van der Waals surface area contributed by atoms with Gasteiger partial charge >= 0.3 is 0 Å². The molecule has 24 heavy (non-hydrogen) atoms. The van der Waals surface area contributed by atoms with Gasteiger partial charge in [0.05, 0.1) is 17.6 Å². The maximum absolute atomic E-state index is 12.8. The van der Waals surface area contributed by atoms with Crippen molar-refractivity contribution < 1.29 is 0 Å². The molecule has 0 aliphatic carbocycles. The largest absolute Gasteiger partial charge is 0.310 e. The molecule has 0 fully saturated rings. The highest BCUT2D eigenvalue weighted by Gasteiger charge is 2.16.